The monoisotopic (exact) mass is 490 g/mol. The topological polar surface area (TPSA) is 96.8 Å². The first-order valence-corrected chi connectivity index (χ1v) is 11.1. The number of halogens is 3. The van der Waals surface area contributed by atoms with Crippen LogP contribution in [-0.4, -0.2) is 61.4 Å². The van der Waals surface area contributed by atoms with Gasteiger partial charge in [-0.1, -0.05) is 17.3 Å². The van der Waals surface area contributed by atoms with Gasteiger partial charge in [0, 0.05) is 49.5 Å². The molecule has 0 radical (unpaired) electrons. The number of hydrogen-bond acceptors (Lipinski definition) is 8. The van der Waals surface area contributed by atoms with Gasteiger partial charge < -0.3 is 9.42 Å². The number of amides is 1. The zero-order chi connectivity index (χ0) is 23.9. The molecule has 0 bridgehead atoms. The third kappa shape index (κ3) is 4.31. The number of carbonyl (C=O) groups excluding carboxylic acids is 1. The Morgan fingerprint density at radius 1 is 1.18 bits per heavy atom. The van der Waals surface area contributed by atoms with Gasteiger partial charge in [0.25, 0.3) is 11.5 Å². The summed E-state index contributed by atoms with van der Waals surface area (Å²) >= 11 is 1.31. The maximum atomic E-state index is 13.0. The molecule has 1 fully saturated rings. The summed E-state index contributed by atoms with van der Waals surface area (Å²) in [5.74, 6) is -0.0355. The summed E-state index contributed by atoms with van der Waals surface area (Å²) < 4.78 is 45.4. The number of carbonyl (C=O) groups is 1. The van der Waals surface area contributed by atoms with Crippen LogP contribution in [0.3, 0.4) is 0 Å². The van der Waals surface area contributed by atoms with Crippen LogP contribution in [0.25, 0.3) is 16.3 Å². The van der Waals surface area contributed by atoms with Crippen molar-refractivity contribution in [2.75, 3.05) is 26.2 Å². The van der Waals surface area contributed by atoms with Crippen LogP contribution in [0.5, 0.6) is 0 Å². The minimum Gasteiger partial charge on any atom is -0.338 e. The number of fused-ring (bicyclic) bond motifs is 1. The summed E-state index contributed by atoms with van der Waals surface area (Å²) in [6.45, 7) is 2.07. The Kier molecular flexibility index (Phi) is 5.65. The summed E-state index contributed by atoms with van der Waals surface area (Å²) in [4.78, 5) is 37.9. The molecule has 176 valence electrons. The van der Waals surface area contributed by atoms with E-state index < -0.39 is 17.3 Å². The van der Waals surface area contributed by atoms with Crippen LogP contribution < -0.4 is 5.56 Å². The molecule has 0 unspecified atom stereocenters. The van der Waals surface area contributed by atoms with E-state index in [1.165, 1.54) is 34.1 Å². The Labute approximate surface area is 194 Å². The van der Waals surface area contributed by atoms with E-state index in [1.54, 1.807) is 16.5 Å². The van der Waals surface area contributed by atoms with Gasteiger partial charge in [0.05, 0.1) is 12.1 Å². The van der Waals surface area contributed by atoms with E-state index in [-0.39, 0.29) is 28.7 Å². The normalized spacial score (nSPS) is 15.2. The van der Waals surface area contributed by atoms with Gasteiger partial charge in [-0.25, -0.2) is 4.98 Å². The van der Waals surface area contributed by atoms with Gasteiger partial charge in [0.15, 0.2) is 4.96 Å². The van der Waals surface area contributed by atoms with Crippen molar-refractivity contribution in [1.82, 2.24) is 29.3 Å². The summed E-state index contributed by atoms with van der Waals surface area (Å²) in [5, 5.41) is 5.53. The van der Waals surface area contributed by atoms with Crippen LogP contribution in [0.15, 0.2) is 51.4 Å². The number of nitrogens with zero attached hydrogens (tertiary/aromatic N) is 6. The first-order valence-electron chi connectivity index (χ1n) is 10.3. The molecular formula is C21H17F3N6O3S. The lowest BCUT2D eigenvalue weighted by Crippen LogP contribution is -2.49. The Balaban J connectivity index is 1.22. The molecule has 4 heterocycles. The second kappa shape index (κ2) is 8.65. The third-order valence-electron chi connectivity index (χ3n) is 5.51. The number of thiazole rings is 1. The molecule has 1 amide bonds. The molecule has 5 rings (SSSR count). The van der Waals surface area contributed by atoms with E-state index in [1.807, 2.05) is 4.90 Å². The van der Waals surface area contributed by atoms with Gasteiger partial charge in [-0.15, -0.1) is 11.3 Å². The Bertz CT molecular complexity index is 1400. The van der Waals surface area contributed by atoms with Crippen molar-refractivity contribution in [2.45, 2.75) is 12.7 Å². The summed E-state index contributed by atoms with van der Waals surface area (Å²) in [6.07, 6.45) is -1.56. The predicted molar refractivity (Wildman–Crippen MR) is 115 cm³/mol. The molecule has 9 nitrogen and oxygen atoms in total. The SMILES string of the molecule is O=C(c1cnc2sccn2c1=O)N1CCN(Cc2nc(-c3cccc(C(F)(F)F)c3)no2)CC1. The molecule has 0 atom stereocenters. The maximum absolute atomic E-state index is 13.0. The number of alkyl halides is 3. The number of benzene rings is 1. The highest BCUT2D eigenvalue weighted by Crippen LogP contribution is 2.31. The van der Waals surface area contributed by atoms with Crippen molar-refractivity contribution in [3.63, 3.8) is 0 Å². The number of rotatable bonds is 4. The molecule has 0 N–H and O–H groups in total. The Morgan fingerprint density at radius 2 is 1.97 bits per heavy atom. The van der Waals surface area contributed by atoms with Crippen LogP contribution in [0.1, 0.15) is 21.8 Å². The molecule has 0 aliphatic carbocycles. The van der Waals surface area contributed by atoms with E-state index in [9.17, 15) is 22.8 Å². The van der Waals surface area contributed by atoms with Crippen molar-refractivity contribution in [1.29, 1.82) is 0 Å². The van der Waals surface area contributed by atoms with E-state index in [4.69, 9.17) is 4.52 Å². The van der Waals surface area contributed by atoms with E-state index in [2.05, 4.69) is 15.1 Å². The summed E-state index contributed by atoms with van der Waals surface area (Å²) in [6, 6.07) is 4.74. The van der Waals surface area contributed by atoms with Crippen LogP contribution in [-0.2, 0) is 12.7 Å². The minimum absolute atomic E-state index is 0.0204. The van der Waals surface area contributed by atoms with E-state index in [0.717, 1.165) is 12.1 Å². The molecular weight excluding hydrogens is 473 g/mol. The van der Waals surface area contributed by atoms with Crippen LogP contribution in [0.2, 0.25) is 0 Å². The zero-order valence-electron chi connectivity index (χ0n) is 17.5. The van der Waals surface area contributed by atoms with Crippen molar-refractivity contribution in [3.05, 3.63) is 69.4 Å². The van der Waals surface area contributed by atoms with Crippen LogP contribution in [0, 0.1) is 0 Å². The van der Waals surface area contributed by atoms with Crippen molar-refractivity contribution in [3.8, 4) is 11.4 Å². The first kappa shape index (κ1) is 22.2. The van der Waals surface area contributed by atoms with Gasteiger partial charge in [-0.05, 0) is 12.1 Å². The fourth-order valence-corrected chi connectivity index (χ4v) is 4.39. The second-order valence-electron chi connectivity index (χ2n) is 7.69. The molecule has 0 spiro atoms. The Morgan fingerprint density at radius 3 is 2.74 bits per heavy atom. The lowest BCUT2D eigenvalue weighted by Gasteiger charge is -2.33. The molecule has 1 saturated heterocycles. The largest absolute Gasteiger partial charge is 0.416 e. The zero-order valence-corrected chi connectivity index (χ0v) is 18.3. The van der Waals surface area contributed by atoms with Gasteiger partial charge in [0.1, 0.15) is 5.56 Å². The quantitative estimate of drug-likeness (QED) is 0.434. The first-order chi connectivity index (χ1) is 16.3. The van der Waals surface area contributed by atoms with E-state index >= 15 is 0 Å². The lowest BCUT2D eigenvalue weighted by molar-refractivity contribution is -0.137. The summed E-state index contributed by atoms with van der Waals surface area (Å²) in [5.41, 5.74) is -0.952. The fraction of sp³-hybridized carbons (Fsp3) is 0.286. The third-order valence-corrected chi connectivity index (χ3v) is 6.28. The van der Waals surface area contributed by atoms with Gasteiger partial charge in [0.2, 0.25) is 11.7 Å². The highest BCUT2D eigenvalue weighted by molar-refractivity contribution is 7.15. The standard InChI is InChI=1S/C21H17F3N6O3S/c22-21(23,24)14-3-1-2-13(10-14)17-26-16(33-27-17)12-28-4-6-29(7-5-28)18(31)15-11-25-20-30(19(15)32)8-9-34-20/h1-3,8-11H,4-7,12H2. The van der Waals surface area contributed by atoms with Crippen LogP contribution >= 0.6 is 11.3 Å². The van der Waals surface area contributed by atoms with Gasteiger partial charge in [-0.3, -0.25) is 18.9 Å². The minimum atomic E-state index is -4.46. The highest BCUT2D eigenvalue weighted by atomic mass is 32.1. The summed E-state index contributed by atoms with van der Waals surface area (Å²) in [7, 11) is 0. The smallest absolute Gasteiger partial charge is 0.338 e. The van der Waals surface area contributed by atoms with Gasteiger partial charge in [-0.2, -0.15) is 18.2 Å². The molecule has 1 aromatic carbocycles. The number of aromatic nitrogens is 4. The molecule has 13 heteroatoms. The number of piperazine rings is 1. The molecule has 1 aliphatic heterocycles. The van der Waals surface area contributed by atoms with Crippen molar-refractivity contribution in [2.24, 2.45) is 0 Å². The van der Waals surface area contributed by atoms with Crippen molar-refractivity contribution >= 4 is 22.2 Å². The number of hydrogen-bond donors (Lipinski definition) is 0. The van der Waals surface area contributed by atoms with Crippen molar-refractivity contribution < 1.29 is 22.5 Å². The molecule has 0 saturated carbocycles. The molecule has 3 aromatic heterocycles. The molecule has 34 heavy (non-hydrogen) atoms. The second-order valence-corrected chi connectivity index (χ2v) is 8.56. The van der Waals surface area contributed by atoms with E-state index in [0.29, 0.717) is 37.7 Å². The predicted octanol–water partition coefficient (Wildman–Crippen LogP) is 2.78. The lowest BCUT2D eigenvalue weighted by atomic mass is 10.1. The fourth-order valence-electron chi connectivity index (χ4n) is 3.71. The Hall–Kier alpha value is -3.58. The molecule has 1 aliphatic rings. The van der Waals surface area contributed by atoms with Crippen LogP contribution in [0.4, 0.5) is 13.2 Å². The maximum Gasteiger partial charge on any atom is 0.416 e. The van der Waals surface area contributed by atoms with Gasteiger partial charge >= 0.3 is 6.18 Å². The highest BCUT2D eigenvalue weighted by Gasteiger charge is 2.31. The average Bonchev–Trinajstić information content (AvgIpc) is 3.49. The average molecular weight is 490 g/mol. The molecule has 4 aromatic rings.